The first-order chi connectivity index (χ1) is 18.9. The highest BCUT2D eigenvalue weighted by atomic mass is 16.1. The van der Waals surface area contributed by atoms with Crippen molar-refractivity contribution in [1.29, 1.82) is 5.26 Å². The predicted octanol–water partition coefficient (Wildman–Crippen LogP) is 7.12. The van der Waals surface area contributed by atoms with Gasteiger partial charge < -0.3 is 9.47 Å². The van der Waals surface area contributed by atoms with Crippen LogP contribution in [0.2, 0.25) is 0 Å². The number of fused-ring (bicyclic) bond motifs is 1. The maximum absolute atomic E-state index is 14.2. The van der Waals surface area contributed by atoms with E-state index in [2.05, 4.69) is 67.3 Å². The van der Waals surface area contributed by atoms with E-state index in [-0.39, 0.29) is 5.56 Å². The maximum Gasteiger partial charge on any atom is 0.255 e. The van der Waals surface area contributed by atoms with Crippen LogP contribution >= 0.6 is 0 Å². The van der Waals surface area contributed by atoms with E-state index in [9.17, 15) is 10.1 Å². The smallest absolute Gasteiger partial charge is 0.255 e. The van der Waals surface area contributed by atoms with Crippen LogP contribution in [0.25, 0.3) is 22.0 Å². The molecule has 0 amide bonds. The van der Waals surface area contributed by atoms with Crippen molar-refractivity contribution in [2.75, 3.05) is 19.0 Å². The number of hydrogen-bond acceptors (Lipinski definition) is 3. The van der Waals surface area contributed by atoms with Crippen LogP contribution in [-0.4, -0.2) is 18.7 Å². The molecule has 5 aromatic rings. The minimum absolute atomic E-state index is 0.0562. The molecule has 0 N–H and O–H groups in total. The van der Waals surface area contributed by atoms with Crippen LogP contribution in [-0.2, 0) is 19.4 Å². The highest BCUT2D eigenvalue weighted by Gasteiger charge is 2.17. The fourth-order valence-corrected chi connectivity index (χ4v) is 5.39. The molecule has 1 aromatic heterocycles. The van der Waals surface area contributed by atoms with Gasteiger partial charge in [0.1, 0.15) is 0 Å². The molecule has 0 fully saturated rings. The molecule has 4 heteroatoms. The molecular weight excluding hydrogens is 478 g/mol. The molecule has 0 aliphatic carbocycles. The Morgan fingerprint density at radius 3 is 2.28 bits per heavy atom. The van der Waals surface area contributed by atoms with E-state index in [4.69, 9.17) is 0 Å². The summed E-state index contributed by atoms with van der Waals surface area (Å²) in [4.78, 5) is 16.3. The second-order valence-corrected chi connectivity index (χ2v) is 10.3. The molecule has 5 rings (SSSR count). The Bertz CT molecular complexity index is 1750. The van der Waals surface area contributed by atoms with Crippen molar-refractivity contribution >= 4 is 16.6 Å². The van der Waals surface area contributed by atoms with Gasteiger partial charge in [0.15, 0.2) is 0 Å². The van der Waals surface area contributed by atoms with Gasteiger partial charge in [0.2, 0.25) is 0 Å². The number of para-hydroxylation sites is 1. The third-order valence-corrected chi connectivity index (χ3v) is 7.61. The van der Waals surface area contributed by atoms with Crippen molar-refractivity contribution in [2.45, 2.75) is 33.2 Å². The highest BCUT2D eigenvalue weighted by molar-refractivity contribution is 5.84. The van der Waals surface area contributed by atoms with Gasteiger partial charge in [-0.1, -0.05) is 79.7 Å². The average Bonchev–Trinajstić information content (AvgIpc) is 2.97. The van der Waals surface area contributed by atoms with Crippen molar-refractivity contribution in [2.24, 2.45) is 0 Å². The molecule has 1 heterocycles. The van der Waals surface area contributed by atoms with E-state index in [1.807, 2.05) is 67.2 Å². The minimum Gasteiger partial charge on any atom is -0.377 e. The lowest BCUT2D eigenvalue weighted by Crippen LogP contribution is -2.27. The number of pyridine rings is 1. The number of nitrogens with zero attached hydrogens (tertiary/aromatic N) is 3. The summed E-state index contributed by atoms with van der Waals surface area (Å²) >= 11 is 0. The van der Waals surface area contributed by atoms with Crippen molar-refractivity contribution in [3.63, 3.8) is 0 Å². The van der Waals surface area contributed by atoms with E-state index in [0.717, 1.165) is 56.4 Å². The topological polar surface area (TPSA) is 49.0 Å². The van der Waals surface area contributed by atoms with Crippen LogP contribution in [0.4, 0.5) is 5.69 Å². The molecule has 0 aliphatic heterocycles. The van der Waals surface area contributed by atoms with Gasteiger partial charge in [0.25, 0.3) is 5.56 Å². The van der Waals surface area contributed by atoms with Gasteiger partial charge in [-0.3, -0.25) is 4.79 Å². The first kappa shape index (κ1) is 26.0. The predicted molar refractivity (Wildman–Crippen MR) is 162 cm³/mol. The number of aryl methyl sites for hydroxylation is 2. The molecule has 0 saturated carbocycles. The number of anilines is 1. The molecule has 4 aromatic carbocycles. The summed E-state index contributed by atoms with van der Waals surface area (Å²) < 4.78 is 1.94. The molecular formula is C35H33N3O. The van der Waals surface area contributed by atoms with Gasteiger partial charge in [0, 0.05) is 37.2 Å². The van der Waals surface area contributed by atoms with Gasteiger partial charge in [0.05, 0.1) is 23.7 Å². The molecule has 0 aliphatic rings. The lowest BCUT2D eigenvalue weighted by molar-refractivity contribution is 0.779. The molecule has 0 spiro atoms. The van der Waals surface area contributed by atoms with Crippen molar-refractivity contribution in [3.8, 4) is 17.2 Å². The van der Waals surface area contributed by atoms with Crippen LogP contribution in [0.3, 0.4) is 0 Å². The molecule has 0 bridgehead atoms. The molecule has 4 nitrogen and oxygen atoms in total. The number of rotatable bonds is 7. The summed E-state index contributed by atoms with van der Waals surface area (Å²) in [7, 11) is 4.07. The molecule has 0 atom stereocenters. The van der Waals surface area contributed by atoms with E-state index < -0.39 is 0 Å². The zero-order chi connectivity index (χ0) is 27.5. The zero-order valence-corrected chi connectivity index (χ0v) is 23.0. The average molecular weight is 512 g/mol. The SMILES string of the molecule is CCc1ccc2c(C)c(Cc3ccccc3N(C)C)c(=O)n(Cc3ccc(-c4ccccc4C#N)cc3)c2c1. The molecule has 0 unspecified atom stereocenters. The van der Waals surface area contributed by atoms with Crippen LogP contribution < -0.4 is 10.5 Å². The monoisotopic (exact) mass is 511 g/mol. The molecule has 0 radical (unpaired) electrons. The standard InChI is InChI=1S/C35H33N3O/c1-5-25-16-19-30-24(2)32(21-28-10-7-9-13-33(28)37(3)4)35(39)38(34(30)20-25)23-26-14-17-27(18-15-26)31-12-8-6-11-29(31)22-36/h6-20H,5,21,23H2,1-4H3. The number of benzene rings is 4. The molecule has 194 valence electrons. The fraction of sp³-hybridized carbons (Fsp3) is 0.200. The third kappa shape index (κ3) is 5.09. The Morgan fingerprint density at radius 1 is 0.872 bits per heavy atom. The fourth-order valence-electron chi connectivity index (χ4n) is 5.39. The lowest BCUT2D eigenvalue weighted by atomic mass is 9.96. The first-order valence-electron chi connectivity index (χ1n) is 13.4. The molecule has 39 heavy (non-hydrogen) atoms. The van der Waals surface area contributed by atoms with Gasteiger partial charge in [-0.15, -0.1) is 0 Å². The van der Waals surface area contributed by atoms with Crippen molar-refractivity contribution in [1.82, 2.24) is 4.57 Å². The van der Waals surface area contributed by atoms with Gasteiger partial charge >= 0.3 is 0 Å². The number of hydrogen-bond donors (Lipinski definition) is 0. The first-order valence-corrected chi connectivity index (χ1v) is 13.4. The second-order valence-electron chi connectivity index (χ2n) is 10.3. The van der Waals surface area contributed by atoms with E-state index in [1.54, 1.807) is 0 Å². The van der Waals surface area contributed by atoms with Gasteiger partial charge in [-0.2, -0.15) is 5.26 Å². The third-order valence-electron chi connectivity index (χ3n) is 7.61. The number of aromatic nitrogens is 1. The normalized spacial score (nSPS) is 10.9. The van der Waals surface area contributed by atoms with Crippen LogP contribution in [0, 0.1) is 18.3 Å². The summed E-state index contributed by atoms with van der Waals surface area (Å²) in [5.74, 6) is 0. The Morgan fingerprint density at radius 2 is 1.56 bits per heavy atom. The van der Waals surface area contributed by atoms with Gasteiger partial charge in [-0.05, 0) is 64.9 Å². The quantitative estimate of drug-likeness (QED) is 0.234. The minimum atomic E-state index is 0.0562. The largest absolute Gasteiger partial charge is 0.377 e. The van der Waals surface area contributed by atoms with E-state index in [1.165, 1.54) is 5.56 Å². The van der Waals surface area contributed by atoms with Crippen LogP contribution in [0.1, 0.15) is 40.3 Å². The number of nitriles is 1. The molecule has 0 saturated heterocycles. The Hall–Kier alpha value is -4.62. The van der Waals surface area contributed by atoms with Crippen LogP contribution in [0.15, 0.2) is 95.8 Å². The summed E-state index contributed by atoms with van der Waals surface area (Å²) in [6, 6.07) is 32.9. The Labute approximate surface area is 230 Å². The van der Waals surface area contributed by atoms with Crippen molar-refractivity contribution < 1.29 is 0 Å². The summed E-state index contributed by atoms with van der Waals surface area (Å²) in [6.45, 7) is 4.70. The van der Waals surface area contributed by atoms with E-state index >= 15 is 0 Å². The summed E-state index contributed by atoms with van der Waals surface area (Å²) in [5.41, 5.74) is 9.99. The second kappa shape index (κ2) is 11.0. The van der Waals surface area contributed by atoms with Crippen LogP contribution in [0.5, 0.6) is 0 Å². The van der Waals surface area contributed by atoms with Crippen molar-refractivity contribution in [3.05, 3.63) is 135 Å². The van der Waals surface area contributed by atoms with E-state index in [0.29, 0.717) is 18.5 Å². The highest BCUT2D eigenvalue weighted by Crippen LogP contribution is 2.28. The maximum atomic E-state index is 14.2. The van der Waals surface area contributed by atoms with Gasteiger partial charge in [-0.25, -0.2) is 0 Å². The summed E-state index contributed by atoms with van der Waals surface area (Å²) in [6.07, 6.45) is 1.49. The summed E-state index contributed by atoms with van der Waals surface area (Å²) in [5, 5.41) is 10.6. The Kier molecular flexibility index (Phi) is 7.34. The lowest BCUT2D eigenvalue weighted by Gasteiger charge is -2.20. The Balaban J connectivity index is 1.61. The zero-order valence-electron chi connectivity index (χ0n) is 23.0.